The molecule has 0 atom stereocenters. The summed E-state index contributed by atoms with van der Waals surface area (Å²) in [6.07, 6.45) is 0.768. The maximum Gasteiger partial charge on any atom is 0.164 e. The highest BCUT2D eigenvalue weighted by molar-refractivity contribution is 6.32. The van der Waals surface area contributed by atoms with Crippen LogP contribution in [0.15, 0.2) is 18.2 Å². The van der Waals surface area contributed by atoms with Crippen molar-refractivity contribution in [1.29, 1.82) is 0 Å². The molecular formula is C14H16Cl2FN3. The smallest absolute Gasteiger partial charge is 0.164 e. The third-order valence-electron chi connectivity index (χ3n) is 3.09. The molecule has 2 rings (SSSR count). The van der Waals surface area contributed by atoms with Crippen LogP contribution in [0.1, 0.15) is 25.2 Å². The lowest BCUT2D eigenvalue weighted by atomic mass is 10.2. The van der Waals surface area contributed by atoms with Crippen molar-refractivity contribution >= 4 is 28.9 Å². The van der Waals surface area contributed by atoms with E-state index in [2.05, 4.69) is 10.4 Å². The fraction of sp³-hybridized carbons (Fsp3) is 0.357. The Kier molecular flexibility index (Phi) is 4.89. The molecule has 0 bridgehead atoms. The monoisotopic (exact) mass is 315 g/mol. The van der Waals surface area contributed by atoms with E-state index in [9.17, 15) is 4.39 Å². The van der Waals surface area contributed by atoms with Crippen LogP contribution in [0.25, 0.3) is 0 Å². The van der Waals surface area contributed by atoms with Crippen LogP contribution < -0.4 is 5.32 Å². The molecule has 1 N–H and O–H groups in total. The summed E-state index contributed by atoms with van der Waals surface area (Å²) in [5, 5.41) is 8.18. The van der Waals surface area contributed by atoms with Crippen LogP contribution in [0.2, 0.25) is 10.0 Å². The van der Waals surface area contributed by atoms with E-state index in [1.807, 2.05) is 18.5 Å². The van der Waals surface area contributed by atoms with E-state index >= 15 is 0 Å². The van der Waals surface area contributed by atoms with Gasteiger partial charge in [0.2, 0.25) is 0 Å². The van der Waals surface area contributed by atoms with Crippen LogP contribution in [0.3, 0.4) is 0 Å². The Balaban J connectivity index is 2.22. The summed E-state index contributed by atoms with van der Waals surface area (Å²) in [5.74, 6) is -0.455. The van der Waals surface area contributed by atoms with Gasteiger partial charge in [0.25, 0.3) is 0 Å². The predicted molar refractivity (Wildman–Crippen MR) is 81.0 cm³/mol. The number of aromatic nitrogens is 2. The van der Waals surface area contributed by atoms with Crippen molar-refractivity contribution in [3.05, 3.63) is 45.4 Å². The van der Waals surface area contributed by atoms with E-state index in [-0.39, 0.29) is 5.02 Å². The first-order chi connectivity index (χ1) is 9.58. The molecule has 108 valence electrons. The highest BCUT2D eigenvalue weighted by atomic mass is 35.5. The zero-order chi connectivity index (χ0) is 14.7. The lowest BCUT2D eigenvalue weighted by Gasteiger charge is -2.10. The fourth-order valence-corrected chi connectivity index (χ4v) is 2.52. The Morgan fingerprint density at radius 3 is 2.70 bits per heavy atom. The van der Waals surface area contributed by atoms with Crippen molar-refractivity contribution in [2.24, 2.45) is 0 Å². The molecule has 0 saturated heterocycles. The molecular weight excluding hydrogens is 300 g/mol. The summed E-state index contributed by atoms with van der Waals surface area (Å²) in [6, 6.07) is 4.85. The molecule has 0 aliphatic carbocycles. The van der Waals surface area contributed by atoms with Gasteiger partial charge >= 0.3 is 0 Å². The van der Waals surface area contributed by atoms with E-state index in [0.29, 0.717) is 17.3 Å². The van der Waals surface area contributed by atoms with Crippen LogP contribution >= 0.6 is 23.2 Å². The summed E-state index contributed by atoms with van der Waals surface area (Å²) in [5.41, 5.74) is 2.07. The van der Waals surface area contributed by atoms with Gasteiger partial charge in [-0.1, -0.05) is 36.2 Å². The average Bonchev–Trinajstić information content (AvgIpc) is 2.76. The maximum absolute atomic E-state index is 13.8. The second kappa shape index (κ2) is 6.46. The minimum Gasteiger partial charge on any atom is -0.377 e. The Morgan fingerprint density at radius 1 is 1.30 bits per heavy atom. The zero-order valence-electron chi connectivity index (χ0n) is 11.4. The number of aryl methyl sites for hydroxylation is 2. The van der Waals surface area contributed by atoms with Crippen LogP contribution in [0, 0.1) is 5.82 Å². The van der Waals surface area contributed by atoms with Crippen molar-refractivity contribution in [2.45, 2.75) is 33.4 Å². The van der Waals surface area contributed by atoms with E-state index < -0.39 is 5.82 Å². The molecule has 6 heteroatoms. The van der Waals surface area contributed by atoms with Crippen LogP contribution in [0.4, 0.5) is 10.1 Å². The molecule has 0 radical (unpaired) electrons. The van der Waals surface area contributed by atoms with Crippen LogP contribution in [-0.4, -0.2) is 9.78 Å². The standard InChI is InChI=1S/C14H16Cl2FN3/c1-3-10-13(16)12(20(4-2)19-10)8-18-11-7-5-6-9(15)14(11)17/h5-7,18H,3-4,8H2,1-2H3. The molecule has 0 fully saturated rings. The van der Waals surface area contributed by atoms with Gasteiger partial charge in [0.1, 0.15) is 0 Å². The molecule has 20 heavy (non-hydrogen) atoms. The Morgan fingerprint density at radius 2 is 2.05 bits per heavy atom. The van der Waals surface area contributed by atoms with Gasteiger partial charge in [-0.05, 0) is 25.5 Å². The molecule has 1 aromatic carbocycles. The number of rotatable bonds is 5. The molecule has 1 aromatic heterocycles. The third-order valence-corrected chi connectivity index (χ3v) is 3.82. The van der Waals surface area contributed by atoms with Gasteiger partial charge in [-0.2, -0.15) is 5.10 Å². The molecule has 0 amide bonds. The molecule has 0 aliphatic rings. The Labute approximate surface area is 127 Å². The summed E-state index contributed by atoms with van der Waals surface area (Å²) in [4.78, 5) is 0. The summed E-state index contributed by atoms with van der Waals surface area (Å²) in [6.45, 7) is 5.11. The van der Waals surface area contributed by atoms with Crippen molar-refractivity contribution in [3.8, 4) is 0 Å². The number of hydrogen-bond donors (Lipinski definition) is 1. The SMILES string of the molecule is CCc1nn(CC)c(CNc2cccc(Cl)c2F)c1Cl. The maximum atomic E-state index is 13.8. The van der Waals surface area contributed by atoms with E-state index in [0.717, 1.165) is 24.4 Å². The van der Waals surface area contributed by atoms with Gasteiger partial charge in [-0.25, -0.2) is 4.39 Å². The van der Waals surface area contributed by atoms with Gasteiger partial charge in [0.15, 0.2) is 5.82 Å². The summed E-state index contributed by atoms with van der Waals surface area (Å²) in [7, 11) is 0. The topological polar surface area (TPSA) is 29.9 Å². The lowest BCUT2D eigenvalue weighted by molar-refractivity contribution is 0.614. The molecule has 0 aliphatic heterocycles. The van der Waals surface area contributed by atoms with Crippen molar-refractivity contribution in [1.82, 2.24) is 9.78 Å². The molecule has 3 nitrogen and oxygen atoms in total. The molecule has 2 aromatic rings. The highest BCUT2D eigenvalue weighted by Gasteiger charge is 2.14. The normalized spacial score (nSPS) is 10.8. The van der Waals surface area contributed by atoms with Gasteiger partial charge in [-0.15, -0.1) is 0 Å². The average molecular weight is 316 g/mol. The second-order valence-electron chi connectivity index (χ2n) is 4.33. The molecule has 0 unspecified atom stereocenters. The number of hydrogen-bond acceptors (Lipinski definition) is 2. The third kappa shape index (κ3) is 2.91. The van der Waals surface area contributed by atoms with Crippen LogP contribution in [-0.2, 0) is 19.5 Å². The first kappa shape index (κ1) is 15.1. The van der Waals surface area contributed by atoms with E-state index in [1.54, 1.807) is 12.1 Å². The van der Waals surface area contributed by atoms with Crippen molar-refractivity contribution in [3.63, 3.8) is 0 Å². The summed E-state index contributed by atoms with van der Waals surface area (Å²) >= 11 is 12.1. The van der Waals surface area contributed by atoms with Gasteiger partial charge < -0.3 is 5.32 Å². The van der Waals surface area contributed by atoms with Crippen LogP contribution in [0.5, 0.6) is 0 Å². The molecule has 0 saturated carbocycles. The minimum absolute atomic E-state index is 0.0966. The summed E-state index contributed by atoms with van der Waals surface area (Å²) < 4.78 is 15.6. The van der Waals surface area contributed by atoms with Crippen molar-refractivity contribution in [2.75, 3.05) is 5.32 Å². The van der Waals surface area contributed by atoms with Crippen molar-refractivity contribution < 1.29 is 4.39 Å². The second-order valence-corrected chi connectivity index (χ2v) is 5.12. The molecule has 1 heterocycles. The lowest BCUT2D eigenvalue weighted by Crippen LogP contribution is -2.09. The number of nitrogens with one attached hydrogen (secondary N) is 1. The largest absolute Gasteiger partial charge is 0.377 e. The minimum atomic E-state index is -0.455. The Hall–Kier alpha value is -1.26. The van der Waals surface area contributed by atoms with E-state index in [1.165, 1.54) is 6.07 Å². The fourth-order valence-electron chi connectivity index (χ4n) is 2.01. The van der Waals surface area contributed by atoms with Gasteiger partial charge in [0, 0.05) is 6.54 Å². The molecule has 0 spiro atoms. The Bertz CT molecular complexity index is 611. The van der Waals surface area contributed by atoms with Gasteiger partial charge in [0.05, 0.1) is 33.7 Å². The number of nitrogens with zero attached hydrogens (tertiary/aromatic N) is 2. The first-order valence-electron chi connectivity index (χ1n) is 6.50. The zero-order valence-corrected chi connectivity index (χ0v) is 12.9. The predicted octanol–water partition coefficient (Wildman–Crippen LogP) is 4.52. The number of benzene rings is 1. The highest BCUT2D eigenvalue weighted by Crippen LogP contribution is 2.25. The van der Waals surface area contributed by atoms with Gasteiger partial charge in [-0.3, -0.25) is 4.68 Å². The first-order valence-corrected chi connectivity index (χ1v) is 7.26. The number of halogens is 3. The quantitative estimate of drug-likeness (QED) is 0.879. The number of anilines is 1. The van der Waals surface area contributed by atoms with E-state index in [4.69, 9.17) is 23.2 Å².